The molecule has 0 spiro atoms. The Labute approximate surface area is 106 Å². The predicted molar refractivity (Wildman–Crippen MR) is 71.8 cm³/mol. The molecular formula is C15H16O3. The Morgan fingerprint density at radius 3 is 2.33 bits per heavy atom. The van der Waals surface area contributed by atoms with E-state index in [0.717, 1.165) is 28.2 Å². The topological polar surface area (TPSA) is 43.4 Å². The lowest BCUT2D eigenvalue weighted by atomic mass is 10.0. The number of ether oxygens (including phenoxy) is 1. The van der Waals surface area contributed by atoms with E-state index in [2.05, 4.69) is 4.74 Å². The van der Waals surface area contributed by atoms with E-state index in [4.69, 9.17) is 0 Å². The zero-order chi connectivity index (χ0) is 13.5. The molecule has 0 atom stereocenters. The molecule has 0 radical (unpaired) electrons. The lowest BCUT2D eigenvalue weighted by Crippen LogP contribution is -1.88. The molecule has 0 aromatic heterocycles. The van der Waals surface area contributed by atoms with Crippen LogP contribution < -0.4 is 0 Å². The molecule has 0 N–H and O–H groups in total. The second kappa shape index (κ2) is 6.55. The molecule has 94 valence electrons. The van der Waals surface area contributed by atoms with Crippen molar-refractivity contribution in [3.8, 4) is 0 Å². The highest BCUT2D eigenvalue weighted by Gasteiger charge is 2.01. The van der Waals surface area contributed by atoms with Crippen LogP contribution in [0.4, 0.5) is 0 Å². The van der Waals surface area contributed by atoms with Crippen molar-refractivity contribution < 1.29 is 14.3 Å². The zero-order valence-electron chi connectivity index (χ0n) is 10.8. The van der Waals surface area contributed by atoms with Crippen LogP contribution >= 0.6 is 0 Å². The van der Waals surface area contributed by atoms with E-state index in [1.807, 2.05) is 43.3 Å². The maximum Gasteiger partial charge on any atom is 0.302 e. The van der Waals surface area contributed by atoms with Gasteiger partial charge in [0, 0.05) is 12.5 Å². The van der Waals surface area contributed by atoms with Gasteiger partial charge >= 0.3 is 5.97 Å². The number of hydrogen-bond acceptors (Lipinski definition) is 3. The average molecular weight is 244 g/mol. The van der Waals surface area contributed by atoms with Crippen LogP contribution in [0.15, 0.2) is 36.4 Å². The monoisotopic (exact) mass is 244 g/mol. The molecule has 0 saturated carbocycles. The number of carbonyl (C=O) groups excluding carboxylic acids is 2. The Morgan fingerprint density at radius 2 is 1.78 bits per heavy atom. The number of carbonyl (C=O) groups is 2. The van der Waals surface area contributed by atoms with E-state index in [9.17, 15) is 9.59 Å². The van der Waals surface area contributed by atoms with E-state index >= 15 is 0 Å². The second-order valence-corrected chi connectivity index (χ2v) is 3.83. The number of aryl methyl sites for hydroxylation is 1. The van der Waals surface area contributed by atoms with Gasteiger partial charge in [0.1, 0.15) is 0 Å². The summed E-state index contributed by atoms with van der Waals surface area (Å²) >= 11 is 0. The molecule has 0 aliphatic rings. The molecule has 2 aromatic carbocycles. The summed E-state index contributed by atoms with van der Waals surface area (Å²) in [6.45, 7) is 3.32. The van der Waals surface area contributed by atoms with Crippen molar-refractivity contribution in [1.29, 1.82) is 0 Å². The zero-order valence-corrected chi connectivity index (χ0v) is 10.8. The quantitative estimate of drug-likeness (QED) is 0.571. The third-order valence-corrected chi connectivity index (χ3v) is 2.59. The lowest BCUT2D eigenvalue weighted by Gasteiger charge is -2.03. The minimum Gasteiger partial charge on any atom is -0.469 e. The fourth-order valence-electron chi connectivity index (χ4n) is 1.56. The number of rotatable bonds is 1. The van der Waals surface area contributed by atoms with Crippen LogP contribution in [-0.2, 0) is 9.53 Å². The largest absolute Gasteiger partial charge is 0.469 e. The summed E-state index contributed by atoms with van der Waals surface area (Å²) in [6.07, 6.45) is 0.928. The van der Waals surface area contributed by atoms with Crippen LogP contribution in [0.1, 0.15) is 22.8 Å². The molecule has 0 aliphatic heterocycles. The van der Waals surface area contributed by atoms with E-state index in [1.54, 1.807) is 0 Å². The van der Waals surface area contributed by atoms with Gasteiger partial charge in [0.05, 0.1) is 7.11 Å². The predicted octanol–water partition coefficient (Wildman–Crippen LogP) is 3.14. The van der Waals surface area contributed by atoms with Gasteiger partial charge in [-0.15, -0.1) is 0 Å². The van der Waals surface area contributed by atoms with E-state index in [-0.39, 0.29) is 5.97 Å². The number of aldehydes is 1. The Kier molecular flexibility index (Phi) is 5.06. The summed E-state index contributed by atoms with van der Waals surface area (Å²) < 4.78 is 4.11. The van der Waals surface area contributed by atoms with Gasteiger partial charge in [0.2, 0.25) is 0 Å². The van der Waals surface area contributed by atoms with Crippen molar-refractivity contribution in [2.24, 2.45) is 0 Å². The van der Waals surface area contributed by atoms with Crippen LogP contribution in [0.25, 0.3) is 10.8 Å². The van der Waals surface area contributed by atoms with Crippen molar-refractivity contribution in [3.63, 3.8) is 0 Å². The first-order valence-corrected chi connectivity index (χ1v) is 5.58. The number of esters is 1. The van der Waals surface area contributed by atoms with Crippen molar-refractivity contribution in [2.75, 3.05) is 7.11 Å². The van der Waals surface area contributed by atoms with E-state index in [1.165, 1.54) is 14.0 Å². The Morgan fingerprint density at radius 1 is 1.17 bits per heavy atom. The molecule has 3 heteroatoms. The van der Waals surface area contributed by atoms with Crippen LogP contribution in [0.2, 0.25) is 0 Å². The molecular weight excluding hydrogens is 228 g/mol. The fraction of sp³-hybridized carbons (Fsp3) is 0.200. The SMILES string of the molecule is COC(C)=O.Cc1ccc2ccccc2c1C=O. The fourth-order valence-corrected chi connectivity index (χ4v) is 1.56. The Bertz CT molecular complexity index is 559. The van der Waals surface area contributed by atoms with Crippen LogP contribution in [0.3, 0.4) is 0 Å². The second-order valence-electron chi connectivity index (χ2n) is 3.83. The minimum absolute atomic E-state index is 0.245. The summed E-state index contributed by atoms with van der Waals surface area (Å²) in [5, 5.41) is 2.16. The molecule has 0 saturated heterocycles. The first-order valence-electron chi connectivity index (χ1n) is 5.58. The number of fused-ring (bicyclic) bond motifs is 1. The molecule has 2 rings (SSSR count). The van der Waals surface area contributed by atoms with Gasteiger partial charge in [-0.1, -0.05) is 36.4 Å². The molecule has 0 bridgehead atoms. The molecule has 18 heavy (non-hydrogen) atoms. The lowest BCUT2D eigenvalue weighted by molar-refractivity contribution is -0.137. The van der Waals surface area contributed by atoms with Gasteiger partial charge in [-0.25, -0.2) is 0 Å². The van der Waals surface area contributed by atoms with Crippen molar-refractivity contribution in [2.45, 2.75) is 13.8 Å². The summed E-state index contributed by atoms with van der Waals surface area (Å²) in [4.78, 5) is 20.4. The standard InChI is InChI=1S/C12H10O.C3H6O2/c1-9-6-7-10-4-2-3-5-11(10)12(9)8-13;1-3(4)5-2/h2-8H,1H3;1-2H3. The molecule has 2 aromatic rings. The van der Waals surface area contributed by atoms with Gasteiger partial charge in [0.15, 0.2) is 6.29 Å². The van der Waals surface area contributed by atoms with Crippen molar-refractivity contribution in [3.05, 3.63) is 47.5 Å². The third kappa shape index (κ3) is 3.42. The van der Waals surface area contributed by atoms with Gasteiger partial charge in [-0.05, 0) is 23.3 Å². The van der Waals surface area contributed by atoms with Crippen LogP contribution in [-0.4, -0.2) is 19.4 Å². The van der Waals surface area contributed by atoms with Crippen molar-refractivity contribution >= 4 is 23.0 Å². The van der Waals surface area contributed by atoms with Gasteiger partial charge < -0.3 is 4.74 Å². The van der Waals surface area contributed by atoms with E-state index < -0.39 is 0 Å². The van der Waals surface area contributed by atoms with Gasteiger partial charge in [-0.3, -0.25) is 9.59 Å². The van der Waals surface area contributed by atoms with Crippen LogP contribution in [0, 0.1) is 6.92 Å². The van der Waals surface area contributed by atoms with Gasteiger partial charge in [0.25, 0.3) is 0 Å². The Hall–Kier alpha value is -2.16. The maximum absolute atomic E-state index is 10.8. The smallest absolute Gasteiger partial charge is 0.302 e. The van der Waals surface area contributed by atoms with Gasteiger partial charge in [-0.2, -0.15) is 0 Å². The molecule has 0 heterocycles. The number of methoxy groups -OCH3 is 1. The average Bonchev–Trinajstić information content (AvgIpc) is 2.39. The summed E-state index contributed by atoms with van der Waals surface area (Å²) in [5.41, 5.74) is 1.84. The van der Waals surface area contributed by atoms with Crippen molar-refractivity contribution in [1.82, 2.24) is 0 Å². The normalized spacial score (nSPS) is 9.28. The highest BCUT2D eigenvalue weighted by Crippen LogP contribution is 2.19. The Balaban J connectivity index is 0.000000280. The number of benzene rings is 2. The van der Waals surface area contributed by atoms with Crippen LogP contribution in [0.5, 0.6) is 0 Å². The maximum atomic E-state index is 10.8. The van der Waals surface area contributed by atoms with E-state index in [0.29, 0.717) is 0 Å². The summed E-state index contributed by atoms with van der Waals surface area (Å²) in [7, 11) is 1.35. The molecule has 0 aliphatic carbocycles. The molecule has 0 fully saturated rings. The minimum atomic E-state index is -0.245. The molecule has 3 nitrogen and oxygen atoms in total. The first-order chi connectivity index (χ1) is 8.60. The summed E-state index contributed by atoms with van der Waals surface area (Å²) in [6, 6.07) is 11.9. The number of hydrogen-bond donors (Lipinski definition) is 0. The third-order valence-electron chi connectivity index (χ3n) is 2.59. The highest BCUT2D eigenvalue weighted by molar-refractivity contribution is 5.99. The first kappa shape index (κ1) is 13.9. The molecule has 0 amide bonds. The summed E-state index contributed by atoms with van der Waals surface area (Å²) in [5.74, 6) is -0.245. The highest BCUT2D eigenvalue weighted by atomic mass is 16.5. The molecule has 0 unspecified atom stereocenters.